The summed E-state index contributed by atoms with van der Waals surface area (Å²) in [7, 11) is 0. The van der Waals surface area contributed by atoms with E-state index < -0.39 is 0 Å². The Morgan fingerprint density at radius 1 is 1.03 bits per heavy atom. The zero-order chi connectivity index (χ0) is 22.9. The zero-order valence-corrected chi connectivity index (χ0v) is 18.2. The van der Waals surface area contributed by atoms with Gasteiger partial charge in [-0.2, -0.15) is 5.16 Å². The van der Waals surface area contributed by atoms with Gasteiger partial charge in [-0.15, -0.1) is 0 Å². The van der Waals surface area contributed by atoms with E-state index >= 15 is 0 Å². The molecule has 0 saturated carbocycles. The van der Waals surface area contributed by atoms with Gasteiger partial charge in [0.15, 0.2) is 5.76 Å². The van der Waals surface area contributed by atoms with Crippen LogP contribution in [0.25, 0.3) is 33.5 Å². The fraction of sp³-hybridized carbons (Fsp3) is 0.160. The van der Waals surface area contributed by atoms with E-state index in [1.165, 1.54) is 12.4 Å². The molecule has 3 heterocycles. The van der Waals surface area contributed by atoms with E-state index in [0.29, 0.717) is 24.7 Å². The molecule has 2 aromatic carbocycles. The Kier molecular flexibility index (Phi) is 5.26. The SMILES string of the molecule is Cc1cc(F)cc2c1cc(C)n2CCNc1cc(-c2ccc(-c3cc(=O)[nH]o3)cc2)ncn1. The van der Waals surface area contributed by atoms with Crippen LogP contribution < -0.4 is 10.9 Å². The molecule has 0 saturated heterocycles. The molecular formula is C25H22FN5O2. The number of hydrogen-bond acceptors (Lipinski definition) is 5. The summed E-state index contributed by atoms with van der Waals surface area (Å²) in [5, 5.41) is 6.69. The molecule has 0 spiro atoms. The largest absolute Gasteiger partial charge is 0.378 e. The summed E-state index contributed by atoms with van der Waals surface area (Å²) < 4.78 is 21.2. The molecule has 3 aromatic heterocycles. The Bertz CT molecular complexity index is 1500. The van der Waals surface area contributed by atoms with Gasteiger partial charge in [0.1, 0.15) is 18.0 Å². The van der Waals surface area contributed by atoms with Gasteiger partial charge in [-0.25, -0.2) is 14.4 Å². The van der Waals surface area contributed by atoms with Crippen LogP contribution in [-0.2, 0) is 6.54 Å². The van der Waals surface area contributed by atoms with Crippen LogP contribution in [0, 0.1) is 19.7 Å². The number of hydrogen-bond donors (Lipinski definition) is 2. The summed E-state index contributed by atoms with van der Waals surface area (Å²) in [5.74, 6) is 0.967. The van der Waals surface area contributed by atoms with E-state index in [-0.39, 0.29) is 11.4 Å². The highest BCUT2D eigenvalue weighted by Crippen LogP contribution is 2.25. The lowest BCUT2D eigenvalue weighted by Crippen LogP contribution is -2.12. The number of nitrogens with one attached hydrogen (secondary N) is 2. The predicted octanol–water partition coefficient (Wildman–Crippen LogP) is 4.91. The minimum absolute atomic E-state index is 0.225. The molecule has 7 nitrogen and oxygen atoms in total. The highest BCUT2D eigenvalue weighted by molar-refractivity contribution is 5.84. The Hall–Kier alpha value is -4.20. The monoisotopic (exact) mass is 443 g/mol. The second-order valence-corrected chi connectivity index (χ2v) is 7.96. The normalized spacial score (nSPS) is 11.2. The van der Waals surface area contributed by atoms with Gasteiger partial charge in [-0.05, 0) is 37.6 Å². The van der Waals surface area contributed by atoms with Crippen molar-refractivity contribution in [3.05, 3.63) is 88.4 Å². The van der Waals surface area contributed by atoms with Crippen LogP contribution in [0.4, 0.5) is 10.2 Å². The lowest BCUT2D eigenvalue weighted by Gasteiger charge is -2.11. The molecule has 0 radical (unpaired) electrons. The highest BCUT2D eigenvalue weighted by atomic mass is 19.1. The molecule has 8 heteroatoms. The first-order valence-electron chi connectivity index (χ1n) is 10.6. The zero-order valence-electron chi connectivity index (χ0n) is 18.2. The predicted molar refractivity (Wildman–Crippen MR) is 126 cm³/mol. The van der Waals surface area contributed by atoms with Gasteiger partial charge in [0.05, 0.1) is 17.3 Å². The summed E-state index contributed by atoms with van der Waals surface area (Å²) in [4.78, 5) is 20.0. The maximum absolute atomic E-state index is 13.9. The van der Waals surface area contributed by atoms with Crippen LogP contribution in [0.3, 0.4) is 0 Å². The molecule has 0 unspecified atom stereocenters. The molecule has 0 aliphatic carbocycles. The summed E-state index contributed by atoms with van der Waals surface area (Å²) in [6.45, 7) is 5.26. The van der Waals surface area contributed by atoms with Crippen molar-refractivity contribution < 1.29 is 8.91 Å². The van der Waals surface area contributed by atoms with Crippen LogP contribution in [0.1, 0.15) is 11.3 Å². The highest BCUT2D eigenvalue weighted by Gasteiger charge is 2.10. The Morgan fingerprint density at radius 3 is 2.58 bits per heavy atom. The molecule has 2 N–H and O–H groups in total. The van der Waals surface area contributed by atoms with Crippen molar-refractivity contribution in [1.82, 2.24) is 19.7 Å². The van der Waals surface area contributed by atoms with Crippen molar-refractivity contribution in [2.24, 2.45) is 0 Å². The van der Waals surface area contributed by atoms with Crippen LogP contribution in [-0.4, -0.2) is 26.2 Å². The minimum Gasteiger partial charge on any atom is -0.378 e. The summed E-state index contributed by atoms with van der Waals surface area (Å²) in [6.07, 6.45) is 1.52. The molecule has 0 aliphatic rings. The standard InChI is InChI=1S/C25H22FN5O2/c1-15-9-19(26)11-22-20(15)10-16(2)31(22)8-7-27-24-12-21(28-14-29-24)17-3-5-18(6-4-17)23-13-25(32)30-33-23/h3-6,9-14H,7-8H2,1-2H3,(H,30,32)(H,27,28,29). The van der Waals surface area contributed by atoms with E-state index in [0.717, 1.165) is 39.0 Å². The second kappa shape index (κ2) is 8.38. The molecule has 0 aliphatic heterocycles. The van der Waals surface area contributed by atoms with Gasteiger partial charge < -0.3 is 14.4 Å². The number of rotatable bonds is 6. The number of aromatic nitrogens is 4. The van der Waals surface area contributed by atoms with E-state index in [1.807, 2.05) is 44.2 Å². The average Bonchev–Trinajstić information content (AvgIpc) is 3.38. The van der Waals surface area contributed by atoms with Crippen molar-refractivity contribution in [1.29, 1.82) is 0 Å². The molecule has 0 atom stereocenters. The van der Waals surface area contributed by atoms with Crippen LogP contribution >= 0.6 is 0 Å². The van der Waals surface area contributed by atoms with E-state index in [9.17, 15) is 9.18 Å². The van der Waals surface area contributed by atoms with Crippen molar-refractivity contribution in [3.63, 3.8) is 0 Å². The van der Waals surface area contributed by atoms with E-state index in [1.54, 1.807) is 12.1 Å². The Labute approximate surface area is 188 Å². The van der Waals surface area contributed by atoms with Gasteiger partial charge in [-0.3, -0.25) is 4.79 Å². The lowest BCUT2D eigenvalue weighted by atomic mass is 10.1. The first kappa shape index (κ1) is 20.7. The Balaban J connectivity index is 1.30. The topological polar surface area (TPSA) is 88.7 Å². The number of benzene rings is 2. The third-order valence-electron chi connectivity index (χ3n) is 5.70. The first-order chi connectivity index (χ1) is 16.0. The van der Waals surface area contributed by atoms with Crippen molar-refractivity contribution in [3.8, 4) is 22.6 Å². The smallest absolute Gasteiger partial charge is 0.280 e. The number of anilines is 1. The summed E-state index contributed by atoms with van der Waals surface area (Å²) >= 11 is 0. The number of fused-ring (bicyclic) bond motifs is 1. The third-order valence-corrected chi connectivity index (χ3v) is 5.70. The van der Waals surface area contributed by atoms with Gasteiger partial charge in [0, 0.05) is 41.4 Å². The first-order valence-corrected chi connectivity index (χ1v) is 10.6. The van der Waals surface area contributed by atoms with Crippen LogP contribution in [0.15, 0.2) is 70.2 Å². The summed E-state index contributed by atoms with van der Waals surface area (Å²) in [6, 6.07) is 16.1. The molecule has 166 valence electrons. The third kappa shape index (κ3) is 4.15. The van der Waals surface area contributed by atoms with Crippen molar-refractivity contribution in [2.75, 3.05) is 11.9 Å². The van der Waals surface area contributed by atoms with Gasteiger partial charge in [-0.1, -0.05) is 24.3 Å². The molecule has 5 aromatic rings. The molecular weight excluding hydrogens is 421 g/mol. The Morgan fingerprint density at radius 2 is 1.82 bits per heavy atom. The van der Waals surface area contributed by atoms with Crippen molar-refractivity contribution >= 4 is 16.7 Å². The van der Waals surface area contributed by atoms with E-state index in [4.69, 9.17) is 4.52 Å². The quantitative estimate of drug-likeness (QED) is 0.389. The maximum Gasteiger partial charge on any atom is 0.280 e. The fourth-order valence-electron chi connectivity index (χ4n) is 4.06. The molecule has 0 fully saturated rings. The number of H-pyrrole nitrogens is 1. The number of aryl methyl sites for hydroxylation is 2. The number of aromatic amines is 1. The fourth-order valence-corrected chi connectivity index (χ4v) is 4.06. The van der Waals surface area contributed by atoms with Crippen LogP contribution in [0.2, 0.25) is 0 Å². The van der Waals surface area contributed by atoms with Crippen molar-refractivity contribution in [2.45, 2.75) is 20.4 Å². The van der Waals surface area contributed by atoms with Crippen LogP contribution in [0.5, 0.6) is 0 Å². The lowest BCUT2D eigenvalue weighted by molar-refractivity contribution is 0.426. The van der Waals surface area contributed by atoms with Gasteiger partial charge >= 0.3 is 0 Å². The molecule has 0 bridgehead atoms. The molecule has 0 amide bonds. The maximum atomic E-state index is 13.9. The summed E-state index contributed by atoms with van der Waals surface area (Å²) in [5.41, 5.74) is 5.13. The number of nitrogens with zero attached hydrogens (tertiary/aromatic N) is 3. The number of halogens is 1. The average molecular weight is 443 g/mol. The minimum atomic E-state index is -0.274. The van der Waals surface area contributed by atoms with E-state index in [2.05, 4.69) is 31.1 Å². The second-order valence-electron chi connectivity index (χ2n) is 7.96. The van der Waals surface area contributed by atoms with Gasteiger partial charge in [0.25, 0.3) is 5.56 Å². The van der Waals surface area contributed by atoms with Gasteiger partial charge in [0.2, 0.25) is 0 Å². The molecule has 5 rings (SSSR count). The molecule has 33 heavy (non-hydrogen) atoms.